The smallest absolute Gasteiger partial charge is 0.278 e. The van der Waals surface area contributed by atoms with E-state index in [2.05, 4.69) is 15.0 Å². The normalized spacial score (nSPS) is 19.3. The predicted molar refractivity (Wildman–Crippen MR) is 172 cm³/mol. The highest BCUT2D eigenvalue weighted by Crippen LogP contribution is 2.43. The van der Waals surface area contributed by atoms with E-state index >= 15 is 0 Å². The highest BCUT2D eigenvalue weighted by molar-refractivity contribution is 5.68. The summed E-state index contributed by atoms with van der Waals surface area (Å²) in [5.41, 5.74) is 1.26. The third-order valence-corrected chi connectivity index (χ3v) is 8.29. The minimum absolute atomic E-state index is 0.0829. The Kier molecular flexibility index (Phi) is 10.1. The van der Waals surface area contributed by atoms with Crippen LogP contribution in [0.3, 0.4) is 0 Å². The van der Waals surface area contributed by atoms with Gasteiger partial charge in [0, 0.05) is 0 Å². The Hall–Kier alpha value is -5.10. The maximum absolute atomic E-state index is 12.4. The molecule has 0 saturated carbocycles. The van der Waals surface area contributed by atoms with E-state index < -0.39 is 35.7 Å². The molecule has 1 aliphatic heterocycles. The van der Waals surface area contributed by atoms with Crippen LogP contribution in [0.1, 0.15) is 29.3 Å². The summed E-state index contributed by atoms with van der Waals surface area (Å²) in [6, 6.07) is 27.0. The topological polar surface area (TPSA) is 163 Å². The number of benzene rings is 3. The number of nitrogens with one attached hydrogen (secondary N) is 1. The number of methoxy groups -OCH3 is 2. The molecule has 2 N–H and O–H groups in total. The van der Waals surface area contributed by atoms with Crippen molar-refractivity contribution < 1.29 is 33.5 Å². The molecule has 0 bridgehead atoms. The third kappa shape index (κ3) is 6.40. The van der Waals surface area contributed by atoms with E-state index in [1.165, 1.54) is 12.7 Å². The number of ether oxygens (including phenoxy) is 6. The lowest BCUT2D eigenvalue weighted by molar-refractivity contribution is -0.137. The van der Waals surface area contributed by atoms with Crippen LogP contribution in [0.5, 0.6) is 11.5 Å². The van der Waals surface area contributed by atoms with Gasteiger partial charge in [0.15, 0.2) is 17.4 Å². The average Bonchev–Trinajstić information content (AvgIpc) is 3.70. The number of nitrogens with zero attached hydrogens (tertiary/aromatic N) is 4. The van der Waals surface area contributed by atoms with E-state index in [0.717, 1.165) is 16.7 Å². The number of fused-ring (bicyclic) bond motifs is 1. The van der Waals surface area contributed by atoms with Crippen LogP contribution >= 0.6 is 0 Å². The Morgan fingerprint density at radius 2 is 1.60 bits per heavy atom. The van der Waals surface area contributed by atoms with E-state index in [-0.39, 0.29) is 37.6 Å². The summed E-state index contributed by atoms with van der Waals surface area (Å²) >= 11 is 0. The van der Waals surface area contributed by atoms with Crippen LogP contribution in [0, 0.1) is 11.3 Å². The Balaban J connectivity index is 1.38. The fourth-order valence-electron chi connectivity index (χ4n) is 5.89. The zero-order valence-corrected chi connectivity index (χ0v) is 26.4. The van der Waals surface area contributed by atoms with E-state index in [1.54, 1.807) is 18.8 Å². The molecule has 248 valence electrons. The van der Waals surface area contributed by atoms with Crippen LogP contribution in [-0.2, 0) is 24.5 Å². The molecule has 0 amide bonds. The van der Waals surface area contributed by atoms with Gasteiger partial charge in [-0.3, -0.25) is 9.36 Å². The number of nitriles is 1. The van der Waals surface area contributed by atoms with E-state index in [1.807, 2.05) is 84.9 Å². The molecule has 3 heterocycles. The number of aliphatic hydroxyl groups excluding tert-OH is 1. The largest absolute Gasteiger partial charge is 0.497 e. The predicted octanol–water partition coefficient (Wildman–Crippen LogP) is 3.68. The minimum Gasteiger partial charge on any atom is -0.497 e. The Bertz CT molecular complexity index is 1840. The molecule has 4 atom stereocenters. The number of aromatic amines is 1. The lowest BCUT2D eigenvalue weighted by Gasteiger charge is -2.37. The SMILES string of the molecule is COc1ccc(C(OC[C@H]2O[C@@H](n3cnc4c(=O)[nH]cnc43)[C@H](OCOCCC#N)[C@@H]2O)(c2ccccc2)c2ccc(OC)cc2)cc1. The van der Waals surface area contributed by atoms with Crippen molar-refractivity contribution in [3.8, 4) is 17.6 Å². The number of hydrogen-bond donors (Lipinski definition) is 2. The van der Waals surface area contributed by atoms with Crippen LogP contribution in [0.4, 0.5) is 0 Å². The van der Waals surface area contributed by atoms with Gasteiger partial charge in [0.05, 0.1) is 52.6 Å². The Morgan fingerprint density at radius 3 is 2.23 bits per heavy atom. The van der Waals surface area contributed by atoms with E-state index in [4.69, 9.17) is 33.7 Å². The first-order valence-electron chi connectivity index (χ1n) is 15.3. The quantitative estimate of drug-likeness (QED) is 0.102. The molecular formula is C35H35N5O8. The van der Waals surface area contributed by atoms with Crippen molar-refractivity contribution in [3.63, 3.8) is 0 Å². The molecule has 13 heteroatoms. The van der Waals surface area contributed by atoms with Gasteiger partial charge in [-0.15, -0.1) is 0 Å². The van der Waals surface area contributed by atoms with Crippen molar-refractivity contribution in [2.75, 3.05) is 34.2 Å². The first-order valence-corrected chi connectivity index (χ1v) is 15.3. The molecule has 48 heavy (non-hydrogen) atoms. The molecule has 6 rings (SSSR count). The molecular weight excluding hydrogens is 618 g/mol. The standard InChI is InChI=1S/C35H35N5O8/c1-43-26-13-9-24(10-14-26)35(23-7-4-3-5-8-23,25-11-15-27(44-2)16-12-25)47-19-28-30(41)31(46-22-45-18-6-17-36)34(48-28)40-21-39-29-32(40)37-20-38-33(29)42/h3-5,7-16,20-21,28,30-31,34,41H,6,18-19,22H2,1-2H3,(H,37,38,42)/t28-,30-,31-,34-/m1/s1. The highest BCUT2D eigenvalue weighted by Gasteiger charge is 2.48. The number of imidazole rings is 1. The first-order chi connectivity index (χ1) is 23.5. The molecule has 3 aromatic carbocycles. The van der Waals surface area contributed by atoms with Crippen molar-refractivity contribution in [2.24, 2.45) is 0 Å². The number of aliphatic hydroxyl groups is 1. The van der Waals surface area contributed by atoms with Gasteiger partial charge < -0.3 is 38.5 Å². The molecule has 0 radical (unpaired) electrons. The van der Waals surface area contributed by atoms with Crippen molar-refractivity contribution in [3.05, 3.63) is 119 Å². The average molecular weight is 654 g/mol. The van der Waals surface area contributed by atoms with Gasteiger partial charge in [0.1, 0.15) is 42.2 Å². The maximum Gasteiger partial charge on any atom is 0.278 e. The van der Waals surface area contributed by atoms with Gasteiger partial charge in [-0.1, -0.05) is 54.6 Å². The molecule has 0 unspecified atom stereocenters. The zero-order chi connectivity index (χ0) is 33.5. The summed E-state index contributed by atoms with van der Waals surface area (Å²) in [5.74, 6) is 1.37. The van der Waals surface area contributed by atoms with Crippen LogP contribution in [0.2, 0.25) is 0 Å². The maximum atomic E-state index is 12.4. The molecule has 0 spiro atoms. The molecule has 0 aliphatic carbocycles. The summed E-state index contributed by atoms with van der Waals surface area (Å²) in [5, 5.41) is 20.6. The molecule has 1 fully saturated rings. The van der Waals surface area contributed by atoms with Crippen LogP contribution in [0.25, 0.3) is 11.2 Å². The fourth-order valence-corrected chi connectivity index (χ4v) is 5.89. The second-order valence-corrected chi connectivity index (χ2v) is 11.0. The molecule has 13 nitrogen and oxygen atoms in total. The minimum atomic E-state index is -1.20. The van der Waals surface area contributed by atoms with Gasteiger partial charge in [0.2, 0.25) is 0 Å². The van der Waals surface area contributed by atoms with Crippen molar-refractivity contribution in [1.29, 1.82) is 5.26 Å². The van der Waals surface area contributed by atoms with Crippen molar-refractivity contribution in [2.45, 2.75) is 36.6 Å². The van der Waals surface area contributed by atoms with Gasteiger partial charge in [-0.05, 0) is 41.0 Å². The number of hydrogen-bond acceptors (Lipinski definition) is 11. The van der Waals surface area contributed by atoms with E-state index in [0.29, 0.717) is 11.5 Å². The third-order valence-electron chi connectivity index (χ3n) is 8.29. The van der Waals surface area contributed by atoms with Crippen molar-refractivity contribution >= 4 is 11.2 Å². The molecule has 1 aliphatic rings. The molecule has 2 aromatic heterocycles. The molecule has 1 saturated heterocycles. The van der Waals surface area contributed by atoms with Gasteiger partial charge >= 0.3 is 0 Å². The second-order valence-electron chi connectivity index (χ2n) is 11.0. The second kappa shape index (κ2) is 14.8. The Labute approximate surface area is 276 Å². The van der Waals surface area contributed by atoms with Crippen LogP contribution in [0.15, 0.2) is 96.3 Å². The van der Waals surface area contributed by atoms with Crippen LogP contribution in [-0.4, -0.2) is 77.2 Å². The van der Waals surface area contributed by atoms with E-state index in [9.17, 15) is 9.90 Å². The van der Waals surface area contributed by atoms with Crippen LogP contribution < -0.4 is 15.0 Å². The summed E-state index contributed by atoms with van der Waals surface area (Å²) in [7, 11) is 3.22. The highest BCUT2D eigenvalue weighted by atomic mass is 16.7. The number of rotatable bonds is 14. The zero-order valence-electron chi connectivity index (χ0n) is 26.4. The molecule has 5 aromatic rings. The Morgan fingerprint density at radius 1 is 0.958 bits per heavy atom. The van der Waals surface area contributed by atoms with Gasteiger partial charge in [0.25, 0.3) is 5.56 Å². The fraction of sp³-hybridized carbons (Fsp3) is 0.314. The number of aromatic nitrogens is 4. The number of H-pyrrole nitrogens is 1. The lowest BCUT2D eigenvalue weighted by Crippen LogP contribution is -2.40. The van der Waals surface area contributed by atoms with Gasteiger partial charge in [-0.2, -0.15) is 5.26 Å². The van der Waals surface area contributed by atoms with Crippen molar-refractivity contribution in [1.82, 2.24) is 19.5 Å². The van der Waals surface area contributed by atoms with Gasteiger partial charge in [-0.25, -0.2) is 9.97 Å². The summed E-state index contributed by atoms with van der Waals surface area (Å²) in [6.45, 7) is -0.130. The first kappa shape index (κ1) is 32.8. The monoisotopic (exact) mass is 653 g/mol. The summed E-state index contributed by atoms with van der Waals surface area (Å²) < 4.78 is 37.3. The summed E-state index contributed by atoms with van der Waals surface area (Å²) in [6.07, 6.45) is -1.14. The summed E-state index contributed by atoms with van der Waals surface area (Å²) in [4.78, 5) is 23.4. The lowest BCUT2D eigenvalue weighted by atomic mass is 9.80.